The minimum absolute atomic E-state index is 0.138. The molecule has 1 saturated heterocycles. The van der Waals surface area contributed by atoms with Gasteiger partial charge in [0.05, 0.1) is 11.4 Å². The number of hydrogen-bond acceptors (Lipinski definition) is 3. The molecule has 1 aliphatic heterocycles. The third kappa shape index (κ3) is 3.34. The first-order valence-electron chi connectivity index (χ1n) is 7.13. The molecule has 1 N–H and O–H groups in total. The Hall–Kier alpha value is -2.41. The van der Waals surface area contributed by atoms with E-state index in [0.717, 1.165) is 0 Å². The predicted octanol–water partition coefficient (Wildman–Crippen LogP) is 2.62. The number of halogens is 1. The van der Waals surface area contributed by atoms with Crippen LogP contribution in [-0.2, 0) is 10.0 Å². The summed E-state index contributed by atoms with van der Waals surface area (Å²) in [7, 11) is -3.26. The lowest BCUT2D eigenvalue weighted by Crippen LogP contribution is -2.25. The SMILES string of the molecule is O=C(Nc1cccc(N2CCCS2(=O)=O)c1)c1ccc(F)cc1. The number of sulfonamides is 1. The van der Waals surface area contributed by atoms with Crippen LogP contribution in [0.4, 0.5) is 15.8 Å². The molecule has 7 heteroatoms. The lowest BCUT2D eigenvalue weighted by molar-refractivity contribution is 0.102. The van der Waals surface area contributed by atoms with Gasteiger partial charge in [0.15, 0.2) is 0 Å². The van der Waals surface area contributed by atoms with E-state index < -0.39 is 15.8 Å². The molecule has 1 fully saturated rings. The van der Waals surface area contributed by atoms with Crippen LogP contribution in [0.2, 0.25) is 0 Å². The summed E-state index contributed by atoms with van der Waals surface area (Å²) < 4.78 is 38.1. The van der Waals surface area contributed by atoms with Crippen LogP contribution in [0.1, 0.15) is 16.8 Å². The van der Waals surface area contributed by atoms with Gasteiger partial charge in [-0.3, -0.25) is 9.10 Å². The third-order valence-electron chi connectivity index (χ3n) is 3.60. The zero-order valence-corrected chi connectivity index (χ0v) is 13.0. The molecule has 2 aromatic carbocycles. The summed E-state index contributed by atoms with van der Waals surface area (Å²) in [6, 6.07) is 11.9. The van der Waals surface area contributed by atoms with Crippen molar-refractivity contribution in [1.29, 1.82) is 0 Å². The number of nitrogens with one attached hydrogen (secondary N) is 1. The number of nitrogens with zero attached hydrogens (tertiary/aromatic N) is 1. The molecule has 120 valence electrons. The molecule has 5 nitrogen and oxygen atoms in total. The molecule has 0 atom stereocenters. The molecule has 0 radical (unpaired) electrons. The fraction of sp³-hybridized carbons (Fsp3) is 0.188. The van der Waals surface area contributed by atoms with Gasteiger partial charge >= 0.3 is 0 Å². The molecule has 1 heterocycles. The normalized spacial score (nSPS) is 16.3. The number of carbonyl (C=O) groups is 1. The van der Waals surface area contributed by atoms with Crippen molar-refractivity contribution in [1.82, 2.24) is 0 Å². The highest BCUT2D eigenvalue weighted by molar-refractivity contribution is 7.93. The molecule has 23 heavy (non-hydrogen) atoms. The highest BCUT2D eigenvalue weighted by Crippen LogP contribution is 2.26. The monoisotopic (exact) mass is 334 g/mol. The number of carbonyl (C=O) groups excluding carboxylic acids is 1. The zero-order valence-electron chi connectivity index (χ0n) is 12.2. The lowest BCUT2D eigenvalue weighted by Gasteiger charge is -2.17. The first-order chi connectivity index (χ1) is 11.0. The van der Waals surface area contributed by atoms with Crippen molar-refractivity contribution in [3.63, 3.8) is 0 Å². The summed E-state index contributed by atoms with van der Waals surface area (Å²) >= 11 is 0. The summed E-state index contributed by atoms with van der Waals surface area (Å²) in [4.78, 5) is 12.1. The maximum atomic E-state index is 12.9. The number of anilines is 2. The Balaban J connectivity index is 1.80. The quantitative estimate of drug-likeness (QED) is 0.938. The van der Waals surface area contributed by atoms with Crippen LogP contribution in [0.5, 0.6) is 0 Å². The van der Waals surface area contributed by atoms with E-state index in [0.29, 0.717) is 29.9 Å². The average molecular weight is 334 g/mol. The molecular formula is C16H15FN2O3S. The van der Waals surface area contributed by atoms with Crippen LogP contribution < -0.4 is 9.62 Å². The summed E-state index contributed by atoms with van der Waals surface area (Å²) in [5, 5.41) is 2.69. The molecule has 2 aromatic rings. The average Bonchev–Trinajstić information content (AvgIpc) is 2.87. The Morgan fingerprint density at radius 1 is 1.13 bits per heavy atom. The molecule has 0 saturated carbocycles. The van der Waals surface area contributed by atoms with Crippen molar-refractivity contribution in [2.75, 3.05) is 21.9 Å². The summed E-state index contributed by atoms with van der Waals surface area (Å²) in [5.41, 5.74) is 1.34. The van der Waals surface area contributed by atoms with Gasteiger partial charge in [-0.25, -0.2) is 12.8 Å². The first-order valence-corrected chi connectivity index (χ1v) is 8.74. The van der Waals surface area contributed by atoms with E-state index in [2.05, 4.69) is 5.32 Å². The van der Waals surface area contributed by atoms with E-state index in [4.69, 9.17) is 0 Å². The second-order valence-electron chi connectivity index (χ2n) is 5.25. The molecule has 0 spiro atoms. The van der Waals surface area contributed by atoms with Crippen LogP contribution in [0.25, 0.3) is 0 Å². The highest BCUT2D eigenvalue weighted by Gasteiger charge is 2.28. The first kappa shape index (κ1) is 15.5. The second kappa shape index (κ2) is 6.00. The van der Waals surface area contributed by atoms with Crippen molar-refractivity contribution in [3.8, 4) is 0 Å². The smallest absolute Gasteiger partial charge is 0.255 e. The minimum atomic E-state index is -3.26. The summed E-state index contributed by atoms with van der Waals surface area (Å²) in [6.45, 7) is 0.442. The number of amides is 1. The Bertz CT molecular complexity index is 835. The van der Waals surface area contributed by atoms with Gasteiger partial charge < -0.3 is 5.32 Å². The molecular weight excluding hydrogens is 319 g/mol. The van der Waals surface area contributed by atoms with E-state index >= 15 is 0 Å². The zero-order chi connectivity index (χ0) is 16.4. The van der Waals surface area contributed by atoms with Crippen molar-refractivity contribution >= 4 is 27.3 Å². The van der Waals surface area contributed by atoms with Gasteiger partial charge in [0, 0.05) is 17.8 Å². The largest absolute Gasteiger partial charge is 0.322 e. The van der Waals surface area contributed by atoms with Gasteiger partial charge in [-0.2, -0.15) is 0 Å². The van der Waals surface area contributed by atoms with E-state index in [-0.39, 0.29) is 11.7 Å². The van der Waals surface area contributed by atoms with E-state index in [1.807, 2.05) is 0 Å². The van der Waals surface area contributed by atoms with Gasteiger partial charge in [0.1, 0.15) is 5.82 Å². The van der Waals surface area contributed by atoms with Gasteiger partial charge in [0.25, 0.3) is 5.91 Å². The predicted molar refractivity (Wildman–Crippen MR) is 86.5 cm³/mol. The minimum Gasteiger partial charge on any atom is -0.322 e. The fourth-order valence-electron chi connectivity index (χ4n) is 2.47. The van der Waals surface area contributed by atoms with E-state index in [9.17, 15) is 17.6 Å². The van der Waals surface area contributed by atoms with Gasteiger partial charge in [0.2, 0.25) is 10.0 Å². The van der Waals surface area contributed by atoms with Gasteiger partial charge in [-0.05, 0) is 48.9 Å². The van der Waals surface area contributed by atoms with Crippen LogP contribution in [0.3, 0.4) is 0 Å². The highest BCUT2D eigenvalue weighted by atomic mass is 32.2. The lowest BCUT2D eigenvalue weighted by atomic mass is 10.2. The molecule has 1 amide bonds. The Morgan fingerprint density at radius 2 is 1.87 bits per heavy atom. The molecule has 1 aliphatic rings. The third-order valence-corrected chi connectivity index (χ3v) is 5.47. The van der Waals surface area contributed by atoms with Gasteiger partial charge in [-0.1, -0.05) is 6.07 Å². The van der Waals surface area contributed by atoms with Crippen molar-refractivity contribution < 1.29 is 17.6 Å². The van der Waals surface area contributed by atoms with Crippen LogP contribution >= 0.6 is 0 Å². The van der Waals surface area contributed by atoms with E-state index in [1.165, 1.54) is 28.6 Å². The Labute approximate surface area is 133 Å². The molecule has 0 unspecified atom stereocenters. The van der Waals surface area contributed by atoms with Crippen molar-refractivity contribution in [2.24, 2.45) is 0 Å². The number of benzene rings is 2. The number of rotatable bonds is 3. The second-order valence-corrected chi connectivity index (χ2v) is 7.27. The topological polar surface area (TPSA) is 66.5 Å². The standard InChI is InChI=1S/C16H15FN2O3S/c17-13-7-5-12(6-8-13)16(20)18-14-3-1-4-15(11-14)19-9-2-10-23(19,21)22/h1,3-8,11H,2,9-10H2,(H,18,20). The molecule has 0 aliphatic carbocycles. The van der Waals surface area contributed by atoms with Gasteiger partial charge in [-0.15, -0.1) is 0 Å². The van der Waals surface area contributed by atoms with E-state index in [1.54, 1.807) is 24.3 Å². The Morgan fingerprint density at radius 3 is 2.52 bits per heavy atom. The van der Waals surface area contributed by atoms with Crippen molar-refractivity contribution in [2.45, 2.75) is 6.42 Å². The maximum Gasteiger partial charge on any atom is 0.255 e. The molecule has 3 rings (SSSR count). The summed E-state index contributed by atoms with van der Waals surface area (Å²) in [5.74, 6) is -0.659. The fourth-order valence-corrected chi connectivity index (χ4v) is 4.03. The summed E-state index contributed by atoms with van der Waals surface area (Å²) in [6.07, 6.45) is 0.592. The Kier molecular flexibility index (Phi) is 4.04. The molecule has 0 bridgehead atoms. The molecule has 0 aromatic heterocycles. The van der Waals surface area contributed by atoms with Crippen LogP contribution in [0.15, 0.2) is 48.5 Å². The maximum absolute atomic E-state index is 12.9. The van der Waals surface area contributed by atoms with Crippen molar-refractivity contribution in [3.05, 3.63) is 59.9 Å². The van der Waals surface area contributed by atoms with Crippen LogP contribution in [0, 0.1) is 5.82 Å². The number of hydrogen-bond donors (Lipinski definition) is 1. The van der Waals surface area contributed by atoms with Crippen LogP contribution in [-0.4, -0.2) is 26.6 Å².